The predicted molar refractivity (Wildman–Crippen MR) is 79.9 cm³/mol. The van der Waals surface area contributed by atoms with Gasteiger partial charge in [-0.1, -0.05) is 47.8 Å². The van der Waals surface area contributed by atoms with Gasteiger partial charge in [-0.3, -0.25) is 0 Å². The lowest BCUT2D eigenvalue weighted by Gasteiger charge is -2.11. The maximum atomic E-state index is 6.26. The molecule has 3 nitrogen and oxygen atoms in total. The lowest BCUT2D eigenvalue weighted by Crippen LogP contribution is -2.08. The first-order valence-electron chi connectivity index (χ1n) is 6.44. The van der Waals surface area contributed by atoms with Gasteiger partial charge in [-0.15, -0.1) is 5.10 Å². The van der Waals surface area contributed by atoms with Gasteiger partial charge >= 0.3 is 0 Å². The highest BCUT2D eigenvalue weighted by Crippen LogP contribution is 2.36. The van der Waals surface area contributed by atoms with E-state index < -0.39 is 0 Å². The normalized spacial score (nSPS) is 11.3. The molecule has 0 unspecified atom stereocenters. The monoisotopic (exact) mass is 297 g/mol. The molecule has 0 spiro atoms. The molecule has 0 saturated carbocycles. The SMILES string of the molecule is CCCc1c(-c2c(Cl)cccc2Cl)nnn1C(C)C. The van der Waals surface area contributed by atoms with Crippen molar-refractivity contribution in [2.24, 2.45) is 0 Å². The fourth-order valence-corrected chi connectivity index (χ4v) is 2.69. The van der Waals surface area contributed by atoms with Crippen molar-refractivity contribution in [2.45, 2.75) is 39.7 Å². The van der Waals surface area contributed by atoms with Gasteiger partial charge in [0.2, 0.25) is 0 Å². The largest absolute Gasteiger partial charge is 0.246 e. The zero-order valence-electron chi connectivity index (χ0n) is 11.3. The molecular formula is C14H17Cl2N3. The van der Waals surface area contributed by atoms with Crippen LogP contribution in [0.2, 0.25) is 10.0 Å². The van der Waals surface area contributed by atoms with Crippen molar-refractivity contribution >= 4 is 23.2 Å². The van der Waals surface area contributed by atoms with Crippen molar-refractivity contribution in [3.63, 3.8) is 0 Å². The molecule has 1 heterocycles. The number of benzene rings is 1. The number of rotatable bonds is 4. The van der Waals surface area contributed by atoms with E-state index in [2.05, 4.69) is 31.1 Å². The van der Waals surface area contributed by atoms with Crippen molar-refractivity contribution in [3.05, 3.63) is 33.9 Å². The lowest BCUT2D eigenvalue weighted by atomic mass is 10.1. The summed E-state index contributed by atoms with van der Waals surface area (Å²) in [5, 5.41) is 9.76. The third-order valence-electron chi connectivity index (χ3n) is 2.97. The summed E-state index contributed by atoms with van der Waals surface area (Å²) in [5.41, 5.74) is 2.67. The van der Waals surface area contributed by atoms with Gasteiger partial charge in [-0.2, -0.15) is 0 Å². The molecular weight excluding hydrogens is 281 g/mol. The summed E-state index contributed by atoms with van der Waals surface area (Å²) in [6.07, 6.45) is 1.93. The summed E-state index contributed by atoms with van der Waals surface area (Å²) < 4.78 is 1.94. The van der Waals surface area contributed by atoms with Gasteiger partial charge in [0.25, 0.3) is 0 Å². The third-order valence-corrected chi connectivity index (χ3v) is 3.60. The van der Waals surface area contributed by atoms with Gasteiger partial charge in [-0.05, 0) is 32.4 Å². The minimum atomic E-state index is 0.268. The van der Waals surface area contributed by atoms with E-state index in [9.17, 15) is 0 Å². The minimum absolute atomic E-state index is 0.268. The van der Waals surface area contributed by atoms with Crippen molar-refractivity contribution < 1.29 is 0 Å². The number of halogens is 2. The Bertz CT molecular complexity index is 556. The maximum absolute atomic E-state index is 6.26. The van der Waals surface area contributed by atoms with Crippen molar-refractivity contribution in [1.82, 2.24) is 15.0 Å². The van der Waals surface area contributed by atoms with E-state index in [1.807, 2.05) is 22.9 Å². The molecule has 2 aromatic rings. The highest BCUT2D eigenvalue weighted by molar-refractivity contribution is 6.39. The van der Waals surface area contributed by atoms with Crippen LogP contribution in [0.3, 0.4) is 0 Å². The van der Waals surface area contributed by atoms with Crippen LogP contribution in [0.4, 0.5) is 0 Å². The standard InChI is InChI=1S/C14H17Cl2N3/c1-4-6-12-14(17-18-19(12)9(2)3)13-10(15)7-5-8-11(13)16/h5,7-9H,4,6H2,1-3H3. The van der Waals surface area contributed by atoms with Crippen molar-refractivity contribution in [1.29, 1.82) is 0 Å². The van der Waals surface area contributed by atoms with Crippen LogP contribution in [0.1, 0.15) is 38.9 Å². The molecule has 0 aliphatic rings. The second-order valence-corrected chi connectivity index (χ2v) is 5.58. The average Bonchev–Trinajstić information content (AvgIpc) is 2.73. The Morgan fingerprint density at radius 3 is 2.37 bits per heavy atom. The second kappa shape index (κ2) is 5.93. The Kier molecular flexibility index (Phi) is 4.48. The van der Waals surface area contributed by atoms with Crippen LogP contribution >= 0.6 is 23.2 Å². The third kappa shape index (κ3) is 2.77. The van der Waals surface area contributed by atoms with Gasteiger partial charge in [0.05, 0.1) is 15.7 Å². The minimum Gasteiger partial charge on any atom is -0.246 e. The van der Waals surface area contributed by atoms with Crippen molar-refractivity contribution in [2.75, 3.05) is 0 Å². The Balaban J connectivity index is 2.62. The first kappa shape index (κ1) is 14.4. The van der Waals surface area contributed by atoms with Crippen LogP contribution in [0.15, 0.2) is 18.2 Å². The zero-order chi connectivity index (χ0) is 14.0. The summed E-state index contributed by atoms with van der Waals surface area (Å²) in [6.45, 7) is 6.31. The highest BCUT2D eigenvalue weighted by Gasteiger charge is 2.19. The highest BCUT2D eigenvalue weighted by atomic mass is 35.5. The van der Waals surface area contributed by atoms with Crippen LogP contribution in [-0.4, -0.2) is 15.0 Å². The molecule has 0 bridgehead atoms. The van der Waals surface area contributed by atoms with Crippen LogP contribution in [-0.2, 0) is 6.42 Å². The lowest BCUT2D eigenvalue weighted by molar-refractivity contribution is 0.492. The van der Waals surface area contributed by atoms with Gasteiger partial charge in [-0.25, -0.2) is 4.68 Å². The fraction of sp³-hybridized carbons (Fsp3) is 0.429. The summed E-state index contributed by atoms with van der Waals surface area (Å²) in [6, 6.07) is 5.75. The maximum Gasteiger partial charge on any atom is 0.119 e. The van der Waals surface area contributed by atoms with Gasteiger partial charge < -0.3 is 0 Å². The molecule has 0 aliphatic carbocycles. The zero-order valence-corrected chi connectivity index (χ0v) is 12.8. The molecule has 2 rings (SSSR count). The molecule has 0 saturated heterocycles. The van der Waals surface area contributed by atoms with E-state index in [1.54, 1.807) is 0 Å². The molecule has 0 aliphatic heterocycles. The summed E-state index contributed by atoms with van der Waals surface area (Å²) in [5.74, 6) is 0. The molecule has 0 amide bonds. The van der Waals surface area contributed by atoms with Gasteiger partial charge in [0.15, 0.2) is 0 Å². The summed E-state index contributed by atoms with van der Waals surface area (Å²) >= 11 is 12.5. The van der Waals surface area contributed by atoms with Crippen LogP contribution in [0, 0.1) is 0 Å². The second-order valence-electron chi connectivity index (χ2n) is 4.77. The van der Waals surface area contributed by atoms with Gasteiger partial charge in [0, 0.05) is 11.6 Å². The van der Waals surface area contributed by atoms with Crippen LogP contribution < -0.4 is 0 Å². The van der Waals surface area contributed by atoms with E-state index in [4.69, 9.17) is 23.2 Å². The molecule has 0 fully saturated rings. The van der Waals surface area contributed by atoms with E-state index in [-0.39, 0.29) is 6.04 Å². The van der Waals surface area contributed by atoms with E-state index >= 15 is 0 Å². The first-order valence-corrected chi connectivity index (χ1v) is 7.20. The summed E-state index contributed by atoms with van der Waals surface area (Å²) in [7, 11) is 0. The topological polar surface area (TPSA) is 30.7 Å². The molecule has 19 heavy (non-hydrogen) atoms. The van der Waals surface area contributed by atoms with Crippen LogP contribution in [0.25, 0.3) is 11.3 Å². The number of hydrogen-bond acceptors (Lipinski definition) is 2. The van der Waals surface area contributed by atoms with Gasteiger partial charge in [0.1, 0.15) is 5.69 Å². The quantitative estimate of drug-likeness (QED) is 0.812. The Labute approximate surface area is 123 Å². The molecule has 0 radical (unpaired) electrons. The number of hydrogen-bond donors (Lipinski definition) is 0. The Hall–Kier alpha value is -1.06. The Morgan fingerprint density at radius 1 is 1.21 bits per heavy atom. The average molecular weight is 298 g/mol. The smallest absolute Gasteiger partial charge is 0.119 e. The van der Waals surface area contributed by atoms with E-state index in [0.717, 1.165) is 29.8 Å². The molecule has 102 valence electrons. The van der Waals surface area contributed by atoms with Crippen molar-refractivity contribution in [3.8, 4) is 11.3 Å². The fourth-order valence-electron chi connectivity index (χ4n) is 2.12. The molecule has 5 heteroatoms. The molecule has 1 aromatic heterocycles. The number of aromatic nitrogens is 3. The van der Waals surface area contributed by atoms with Crippen LogP contribution in [0.5, 0.6) is 0 Å². The van der Waals surface area contributed by atoms with E-state index in [0.29, 0.717) is 10.0 Å². The first-order chi connectivity index (χ1) is 9.06. The number of nitrogens with zero attached hydrogens (tertiary/aromatic N) is 3. The van der Waals surface area contributed by atoms with E-state index in [1.165, 1.54) is 0 Å². The molecule has 0 atom stereocenters. The Morgan fingerprint density at radius 2 is 1.84 bits per heavy atom. The molecule has 0 N–H and O–H groups in total. The predicted octanol–water partition coefficient (Wildman–Crippen LogP) is 4.79. The molecule has 1 aromatic carbocycles. The summed E-state index contributed by atoms with van der Waals surface area (Å²) in [4.78, 5) is 0.